The predicted molar refractivity (Wildman–Crippen MR) is 75.0 cm³/mol. The zero-order valence-corrected chi connectivity index (χ0v) is 13.2. The lowest BCUT2D eigenvalue weighted by Crippen LogP contribution is -2.42. The van der Waals surface area contributed by atoms with Crippen molar-refractivity contribution in [3.63, 3.8) is 0 Å². The molecule has 4 heteroatoms. The SMILES string of the molecule is CC(C)(C)NCC(CCS(C)(=O)=O)C(C)(C)C. The van der Waals surface area contributed by atoms with E-state index in [1.807, 2.05) is 0 Å². The Hall–Kier alpha value is -0.0900. The molecule has 0 aromatic carbocycles. The van der Waals surface area contributed by atoms with Crippen LogP contribution in [0, 0.1) is 11.3 Å². The molecule has 1 N–H and O–H groups in total. The van der Waals surface area contributed by atoms with Crippen molar-refractivity contribution in [2.75, 3.05) is 18.6 Å². The van der Waals surface area contributed by atoms with Gasteiger partial charge in [0.25, 0.3) is 0 Å². The summed E-state index contributed by atoms with van der Waals surface area (Å²) in [5, 5.41) is 3.47. The van der Waals surface area contributed by atoms with Crippen molar-refractivity contribution in [3.8, 4) is 0 Å². The lowest BCUT2D eigenvalue weighted by Gasteiger charge is -2.33. The Balaban J connectivity index is 4.47. The van der Waals surface area contributed by atoms with Gasteiger partial charge >= 0.3 is 0 Å². The Bertz CT molecular complexity index is 320. The fourth-order valence-corrected chi connectivity index (χ4v) is 2.34. The third kappa shape index (κ3) is 9.60. The smallest absolute Gasteiger partial charge is 0.147 e. The van der Waals surface area contributed by atoms with E-state index in [-0.39, 0.29) is 16.7 Å². The molecule has 0 spiro atoms. The molecule has 17 heavy (non-hydrogen) atoms. The molecule has 0 aliphatic heterocycles. The average Bonchev–Trinajstić information content (AvgIpc) is 1.96. The molecule has 104 valence electrons. The summed E-state index contributed by atoms with van der Waals surface area (Å²) >= 11 is 0. The highest BCUT2D eigenvalue weighted by Gasteiger charge is 2.26. The van der Waals surface area contributed by atoms with Gasteiger partial charge in [-0.2, -0.15) is 0 Å². The Morgan fingerprint density at radius 3 is 1.82 bits per heavy atom. The predicted octanol–water partition coefficient (Wildman–Crippen LogP) is 2.47. The van der Waals surface area contributed by atoms with Crippen LogP contribution in [0.5, 0.6) is 0 Å². The van der Waals surface area contributed by atoms with E-state index in [1.165, 1.54) is 6.26 Å². The minimum Gasteiger partial charge on any atom is -0.312 e. The summed E-state index contributed by atoms with van der Waals surface area (Å²) in [5.41, 5.74) is 0.206. The van der Waals surface area contributed by atoms with Crippen molar-refractivity contribution >= 4 is 9.84 Å². The second-order valence-electron chi connectivity index (χ2n) is 7.11. The van der Waals surface area contributed by atoms with Crippen LogP contribution < -0.4 is 5.32 Å². The normalized spacial score (nSPS) is 15.9. The number of rotatable bonds is 5. The summed E-state index contributed by atoms with van der Waals surface area (Å²) < 4.78 is 22.5. The third-order valence-corrected chi connectivity index (χ3v) is 3.92. The van der Waals surface area contributed by atoms with Crippen LogP contribution in [0.4, 0.5) is 0 Å². The van der Waals surface area contributed by atoms with Gasteiger partial charge in [-0.3, -0.25) is 0 Å². The summed E-state index contributed by atoms with van der Waals surface area (Å²) in [6.07, 6.45) is 2.04. The first-order valence-electron chi connectivity index (χ1n) is 6.24. The third-order valence-electron chi connectivity index (χ3n) is 2.94. The Morgan fingerprint density at radius 2 is 1.53 bits per heavy atom. The molecule has 0 aromatic rings. The summed E-state index contributed by atoms with van der Waals surface area (Å²) in [7, 11) is -2.86. The van der Waals surface area contributed by atoms with Gasteiger partial charge in [0.15, 0.2) is 0 Å². The van der Waals surface area contributed by atoms with E-state index in [9.17, 15) is 8.42 Å². The minimum atomic E-state index is -2.86. The molecule has 1 unspecified atom stereocenters. The average molecular weight is 263 g/mol. The van der Waals surface area contributed by atoms with Crippen molar-refractivity contribution < 1.29 is 8.42 Å². The van der Waals surface area contributed by atoms with Gasteiger partial charge in [0, 0.05) is 11.8 Å². The highest BCUT2D eigenvalue weighted by molar-refractivity contribution is 7.90. The molecule has 3 nitrogen and oxygen atoms in total. The maximum atomic E-state index is 11.2. The Morgan fingerprint density at radius 1 is 1.06 bits per heavy atom. The Labute approximate surface area is 107 Å². The molecule has 1 atom stereocenters. The van der Waals surface area contributed by atoms with Crippen molar-refractivity contribution in [3.05, 3.63) is 0 Å². The van der Waals surface area contributed by atoms with Gasteiger partial charge in [-0.15, -0.1) is 0 Å². The molecule has 0 aliphatic carbocycles. The first-order valence-corrected chi connectivity index (χ1v) is 8.30. The largest absolute Gasteiger partial charge is 0.312 e. The number of hydrogen-bond donors (Lipinski definition) is 1. The van der Waals surface area contributed by atoms with Crippen molar-refractivity contribution in [1.29, 1.82) is 0 Å². The van der Waals surface area contributed by atoms with E-state index in [0.29, 0.717) is 5.92 Å². The van der Waals surface area contributed by atoms with Gasteiger partial charge in [-0.1, -0.05) is 20.8 Å². The van der Waals surface area contributed by atoms with Crippen LogP contribution in [-0.2, 0) is 9.84 Å². The second-order valence-corrected chi connectivity index (χ2v) is 9.37. The highest BCUT2D eigenvalue weighted by Crippen LogP contribution is 2.29. The van der Waals surface area contributed by atoms with Crippen LogP contribution in [0.2, 0.25) is 0 Å². The molecule has 0 heterocycles. The maximum absolute atomic E-state index is 11.2. The van der Waals surface area contributed by atoms with Crippen LogP contribution in [0.3, 0.4) is 0 Å². The standard InChI is InChI=1S/C13H29NO2S/c1-12(2,3)11(8-9-17(7,15)16)10-14-13(4,5)6/h11,14H,8-10H2,1-7H3. The van der Waals surface area contributed by atoms with Crippen molar-refractivity contribution in [1.82, 2.24) is 5.32 Å². The van der Waals surface area contributed by atoms with Crippen LogP contribution in [0.1, 0.15) is 48.0 Å². The molecule has 0 aromatic heterocycles. The van der Waals surface area contributed by atoms with Crippen LogP contribution in [0.25, 0.3) is 0 Å². The topological polar surface area (TPSA) is 46.2 Å². The summed E-state index contributed by atoms with van der Waals surface area (Å²) in [6, 6.07) is 0. The van der Waals surface area contributed by atoms with Crippen molar-refractivity contribution in [2.24, 2.45) is 11.3 Å². The van der Waals surface area contributed by atoms with Crippen molar-refractivity contribution in [2.45, 2.75) is 53.5 Å². The first-order chi connectivity index (χ1) is 7.31. The number of sulfone groups is 1. The van der Waals surface area contributed by atoms with E-state index in [1.54, 1.807) is 0 Å². The van der Waals surface area contributed by atoms with Gasteiger partial charge in [0.1, 0.15) is 9.84 Å². The van der Waals surface area contributed by atoms with Crippen LogP contribution >= 0.6 is 0 Å². The van der Waals surface area contributed by atoms with E-state index < -0.39 is 9.84 Å². The molecule has 0 rings (SSSR count). The first kappa shape index (κ1) is 16.9. The summed E-state index contributed by atoms with van der Waals surface area (Å²) in [6.45, 7) is 13.8. The summed E-state index contributed by atoms with van der Waals surface area (Å²) in [4.78, 5) is 0. The quantitative estimate of drug-likeness (QED) is 0.829. The van der Waals surface area contributed by atoms with E-state index >= 15 is 0 Å². The zero-order valence-electron chi connectivity index (χ0n) is 12.4. The molecule has 0 bridgehead atoms. The fraction of sp³-hybridized carbons (Fsp3) is 1.00. The zero-order chi connectivity index (χ0) is 13.9. The number of nitrogens with one attached hydrogen (secondary N) is 1. The van der Waals surface area contributed by atoms with E-state index in [2.05, 4.69) is 46.9 Å². The molecule has 0 radical (unpaired) electrons. The van der Waals surface area contributed by atoms with Gasteiger partial charge in [0.05, 0.1) is 5.75 Å². The highest BCUT2D eigenvalue weighted by atomic mass is 32.2. The number of hydrogen-bond acceptors (Lipinski definition) is 3. The van der Waals surface area contributed by atoms with Crippen LogP contribution in [-0.4, -0.2) is 32.5 Å². The van der Waals surface area contributed by atoms with Gasteiger partial charge < -0.3 is 5.32 Å². The minimum absolute atomic E-state index is 0.0780. The maximum Gasteiger partial charge on any atom is 0.147 e. The van der Waals surface area contributed by atoms with E-state index in [0.717, 1.165) is 13.0 Å². The van der Waals surface area contributed by atoms with Crippen LogP contribution in [0.15, 0.2) is 0 Å². The molecule has 0 amide bonds. The molecule has 0 saturated carbocycles. The lowest BCUT2D eigenvalue weighted by molar-refractivity contribution is 0.210. The second kappa shape index (κ2) is 5.70. The summed E-state index contributed by atoms with van der Waals surface area (Å²) in [5.74, 6) is 0.650. The van der Waals surface area contributed by atoms with Gasteiger partial charge in [-0.25, -0.2) is 8.42 Å². The molecule has 0 saturated heterocycles. The monoisotopic (exact) mass is 263 g/mol. The Kier molecular flexibility index (Phi) is 5.67. The molecule has 0 aliphatic rings. The molecular weight excluding hydrogens is 234 g/mol. The van der Waals surface area contributed by atoms with Gasteiger partial charge in [-0.05, 0) is 45.1 Å². The molecular formula is C13H29NO2S. The van der Waals surface area contributed by atoms with E-state index in [4.69, 9.17) is 0 Å². The molecule has 0 fully saturated rings. The fourth-order valence-electron chi connectivity index (χ4n) is 1.63. The van der Waals surface area contributed by atoms with Gasteiger partial charge in [0.2, 0.25) is 0 Å². The lowest BCUT2D eigenvalue weighted by atomic mass is 9.79.